The van der Waals surface area contributed by atoms with Crippen LogP contribution >= 0.6 is 0 Å². The van der Waals surface area contributed by atoms with Crippen LogP contribution in [0.4, 0.5) is 0 Å². The fourth-order valence-corrected chi connectivity index (χ4v) is 3.05. The van der Waals surface area contributed by atoms with E-state index in [-0.39, 0.29) is 12.4 Å². The number of para-hydroxylation sites is 1. The molecule has 31 heavy (non-hydrogen) atoms. The minimum Gasteiger partial charge on any atom is -0.466 e. The maximum atomic E-state index is 12.7. The molecule has 1 N–H and O–H groups in total. The summed E-state index contributed by atoms with van der Waals surface area (Å²) >= 11 is 0. The van der Waals surface area contributed by atoms with Crippen LogP contribution in [0, 0.1) is 0 Å². The zero-order valence-corrected chi connectivity index (χ0v) is 17.3. The zero-order valence-electron chi connectivity index (χ0n) is 17.3. The molecule has 0 radical (unpaired) electrons. The summed E-state index contributed by atoms with van der Waals surface area (Å²) in [6.07, 6.45) is 0.674. The van der Waals surface area contributed by atoms with E-state index >= 15 is 0 Å². The minimum absolute atomic E-state index is 0.221. The van der Waals surface area contributed by atoms with Gasteiger partial charge in [0.2, 0.25) is 0 Å². The normalized spacial score (nSPS) is 10.5. The summed E-state index contributed by atoms with van der Waals surface area (Å²) < 4.78 is 10.1. The Kier molecular flexibility index (Phi) is 7.70. The van der Waals surface area contributed by atoms with Crippen LogP contribution in [-0.4, -0.2) is 42.6 Å². The van der Waals surface area contributed by atoms with Crippen LogP contribution in [-0.2, 0) is 19.1 Å². The highest BCUT2D eigenvalue weighted by Crippen LogP contribution is 2.25. The highest BCUT2D eigenvalue weighted by Gasteiger charge is 2.16. The molecule has 2 aromatic carbocycles. The summed E-state index contributed by atoms with van der Waals surface area (Å²) in [5.74, 6) is -1.33. The van der Waals surface area contributed by atoms with Crippen molar-refractivity contribution in [3.63, 3.8) is 0 Å². The minimum atomic E-state index is -0.600. The number of ether oxygens (including phenoxy) is 2. The van der Waals surface area contributed by atoms with Gasteiger partial charge in [0, 0.05) is 23.9 Å². The highest BCUT2D eigenvalue weighted by molar-refractivity contribution is 6.05. The number of nitrogens with one attached hydrogen (secondary N) is 1. The van der Waals surface area contributed by atoms with E-state index in [1.54, 1.807) is 19.1 Å². The first-order chi connectivity index (χ1) is 15.1. The topological polar surface area (TPSA) is 94.6 Å². The smallest absolute Gasteiger partial charge is 0.339 e. The molecule has 0 saturated carbocycles. The molecule has 0 bridgehead atoms. The van der Waals surface area contributed by atoms with Gasteiger partial charge in [-0.05, 0) is 25.5 Å². The molecular formula is C24H24N2O5. The van der Waals surface area contributed by atoms with Gasteiger partial charge in [-0.3, -0.25) is 9.59 Å². The number of rotatable bonds is 9. The summed E-state index contributed by atoms with van der Waals surface area (Å²) in [7, 11) is 0. The lowest BCUT2D eigenvalue weighted by atomic mass is 10.0. The van der Waals surface area contributed by atoms with Crippen molar-refractivity contribution in [2.75, 3.05) is 19.8 Å². The van der Waals surface area contributed by atoms with Crippen LogP contribution in [0.15, 0.2) is 60.7 Å². The molecule has 7 heteroatoms. The van der Waals surface area contributed by atoms with Crippen molar-refractivity contribution in [2.45, 2.75) is 19.8 Å². The Morgan fingerprint density at radius 3 is 2.48 bits per heavy atom. The lowest BCUT2D eigenvalue weighted by Crippen LogP contribution is -2.30. The van der Waals surface area contributed by atoms with Gasteiger partial charge in [0.05, 0.1) is 23.4 Å². The van der Waals surface area contributed by atoms with Gasteiger partial charge in [0.1, 0.15) is 0 Å². The monoisotopic (exact) mass is 420 g/mol. The van der Waals surface area contributed by atoms with Crippen molar-refractivity contribution in [2.24, 2.45) is 0 Å². The fourth-order valence-electron chi connectivity index (χ4n) is 3.05. The molecule has 1 aromatic heterocycles. The lowest BCUT2D eigenvalue weighted by molar-refractivity contribution is -0.143. The summed E-state index contributed by atoms with van der Waals surface area (Å²) in [4.78, 5) is 40.7. The Balaban J connectivity index is 1.64. The van der Waals surface area contributed by atoms with E-state index in [1.807, 2.05) is 48.5 Å². The number of esters is 2. The molecule has 0 saturated heterocycles. The van der Waals surface area contributed by atoms with Gasteiger partial charge in [0.25, 0.3) is 5.91 Å². The van der Waals surface area contributed by atoms with Crippen LogP contribution in [0.5, 0.6) is 0 Å². The largest absolute Gasteiger partial charge is 0.466 e. The van der Waals surface area contributed by atoms with Gasteiger partial charge in [-0.1, -0.05) is 48.5 Å². The average Bonchev–Trinajstić information content (AvgIpc) is 2.80. The Bertz CT molecular complexity index is 1070. The van der Waals surface area contributed by atoms with Gasteiger partial charge in [0.15, 0.2) is 6.61 Å². The third-order valence-electron chi connectivity index (χ3n) is 4.53. The Morgan fingerprint density at radius 1 is 0.968 bits per heavy atom. The van der Waals surface area contributed by atoms with E-state index in [9.17, 15) is 14.4 Å². The van der Waals surface area contributed by atoms with Gasteiger partial charge < -0.3 is 14.8 Å². The Labute approximate surface area is 180 Å². The van der Waals surface area contributed by atoms with Crippen molar-refractivity contribution >= 4 is 28.7 Å². The number of benzene rings is 2. The summed E-state index contributed by atoms with van der Waals surface area (Å²) in [5.41, 5.74) is 2.54. The lowest BCUT2D eigenvalue weighted by Gasteiger charge is -2.10. The van der Waals surface area contributed by atoms with Gasteiger partial charge >= 0.3 is 11.9 Å². The predicted octanol–water partition coefficient (Wildman–Crippen LogP) is 3.52. The third kappa shape index (κ3) is 6.12. The number of hydrogen-bond acceptors (Lipinski definition) is 6. The molecule has 1 heterocycles. The third-order valence-corrected chi connectivity index (χ3v) is 4.53. The van der Waals surface area contributed by atoms with Gasteiger partial charge in [-0.2, -0.15) is 0 Å². The second-order valence-electron chi connectivity index (χ2n) is 6.77. The number of pyridine rings is 1. The number of aromatic nitrogens is 1. The number of hydrogen-bond donors (Lipinski definition) is 1. The molecule has 1 amide bonds. The molecule has 0 aliphatic heterocycles. The molecule has 3 aromatic rings. The first-order valence-electron chi connectivity index (χ1n) is 10.1. The summed E-state index contributed by atoms with van der Waals surface area (Å²) in [6, 6.07) is 18.5. The van der Waals surface area contributed by atoms with E-state index in [0.29, 0.717) is 41.7 Å². The van der Waals surface area contributed by atoms with Crippen molar-refractivity contribution in [3.8, 4) is 11.3 Å². The molecule has 0 atom stereocenters. The van der Waals surface area contributed by atoms with Crippen LogP contribution < -0.4 is 5.32 Å². The molecule has 0 aliphatic carbocycles. The summed E-state index contributed by atoms with van der Waals surface area (Å²) in [5, 5.41) is 3.28. The maximum Gasteiger partial charge on any atom is 0.339 e. The molecule has 3 rings (SSSR count). The van der Waals surface area contributed by atoms with Crippen LogP contribution in [0.2, 0.25) is 0 Å². The SMILES string of the molecule is CCOC(=O)CCCNC(=O)COC(=O)c1cc(-c2ccccc2)nc2ccccc12. The molecular weight excluding hydrogens is 396 g/mol. The second-order valence-corrected chi connectivity index (χ2v) is 6.77. The highest BCUT2D eigenvalue weighted by atomic mass is 16.5. The quantitative estimate of drug-likeness (QED) is 0.420. The predicted molar refractivity (Wildman–Crippen MR) is 116 cm³/mol. The van der Waals surface area contributed by atoms with Crippen molar-refractivity contribution < 1.29 is 23.9 Å². The van der Waals surface area contributed by atoms with E-state index in [2.05, 4.69) is 10.3 Å². The van der Waals surface area contributed by atoms with Gasteiger partial charge in [-0.15, -0.1) is 0 Å². The second kappa shape index (κ2) is 10.9. The van der Waals surface area contributed by atoms with E-state index in [0.717, 1.165) is 5.56 Å². The molecule has 0 spiro atoms. The van der Waals surface area contributed by atoms with Crippen molar-refractivity contribution in [3.05, 3.63) is 66.2 Å². The van der Waals surface area contributed by atoms with E-state index < -0.39 is 18.5 Å². The van der Waals surface area contributed by atoms with E-state index in [4.69, 9.17) is 9.47 Å². The van der Waals surface area contributed by atoms with Gasteiger partial charge in [-0.25, -0.2) is 9.78 Å². The average molecular weight is 420 g/mol. The first-order valence-corrected chi connectivity index (χ1v) is 10.1. The zero-order chi connectivity index (χ0) is 22.1. The number of carbonyl (C=O) groups excluding carboxylic acids is 3. The summed E-state index contributed by atoms with van der Waals surface area (Å²) in [6.45, 7) is 1.96. The van der Waals surface area contributed by atoms with E-state index in [1.165, 1.54) is 0 Å². The standard InChI is InChI=1S/C24H24N2O5/c1-2-30-23(28)13-8-14-25-22(27)16-31-24(29)19-15-21(17-9-4-3-5-10-17)26-20-12-7-6-11-18(19)20/h3-7,9-12,15H,2,8,13-14,16H2,1H3,(H,25,27). The number of carbonyl (C=O) groups is 3. The Morgan fingerprint density at radius 2 is 1.71 bits per heavy atom. The maximum absolute atomic E-state index is 12.7. The number of nitrogens with zero attached hydrogens (tertiary/aromatic N) is 1. The van der Waals surface area contributed by atoms with Crippen molar-refractivity contribution in [1.82, 2.24) is 10.3 Å². The molecule has 0 fully saturated rings. The fraction of sp³-hybridized carbons (Fsp3) is 0.250. The van der Waals surface area contributed by atoms with Crippen LogP contribution in [0.25, 0.3) is 22.2 Å². The Hall–Kier alpha value is -3.74. The first kappa shape index (κ1) is 22.0. The molecule has 0 unspecified atom stereocenters. The molecule has 0 aliphatic rings. The van der Waals surface area contributed by atoms with Crippen molar-refractivity contribution in [1.29, 1.82) is 0 Å². The number of fused-ring (bicyclic) bond motifs is 1. The van der Waals surface area contributed by atoms with Crippen LogP contribution in [0.1, 0.15) is 30.1 Å². The van der Waals surface area contributed by atoms with Crippen LogP contribution in [0.3, 0.4) is 0 Å². The number of amides is 1. The molecule has 7 nitrogen and oxygen atoms in total. The molecule has 160 valence electrons.